The van der Waals surface area contributed by atoms with Gasteiger partial charge in [-0.15, -0.1) is 0 Å². The number of halogens is 3. The molecule has 2 unspecified atom stereocenters. The molecule has 1 aromatic heterocycles. The average molecular weight is 330 g/mol. The maximum atomic E-state index is 13.6. The van der Waals surface area contributed by atoms with Gasteiger partial charge in [0, 0.05) is 22.7 Å². The summed E-state index contributed by atoms with van der Waals surface area (Å²) < 4.78 is 19.2. The Hall–Kier alpha value is -1.03. The zero-order valence-corrected chi connectivity index (χ0v) is 13.9. The van der Waals surface area contributed by atoms with Crippen molar-refractivity contribution < 1.29 is 8.81 Å². The molecule has 21 heavy (non-hydrogen) atoms. The van der Waals surface area contributed by atoms with Gasteiger partial charge in [-0.1, -0.05) is 23.2 Å². The van der Waals surface area contributed by atoms with Crippen LogP contribution < -0.4 is 5.32 Å². The highest BCUT2D eigenvalue weighted by atomic mass is 35.5. The lowest BCUT2D eigenvalue weighted by atomic mass is 10.0. The molecule has 0 aliphatic heterocycles. The molecule has 0 radical (unpaired) electrons. The molecule has 0 bridgehead atoms. The Morgan fingerprint density at radius 1 is 1.00 bits per heavy atom. The van der Waals surface area contributed by atoms with Gasteiger partial charge in [0.15, 0.2) is 0 Å². The zero-order valence-electron chi connectivity index (χ0n) is 12.4. The van der Waals surface area contributed by atoms with E-state index >= 15 is 0 Å². The summed E-state index contributed by atoms with van der Waals surface area (Å²) in [6.45, 7) is 7.82. The molecule has 2 atom stereocenters. The van der Waals surface area contributed by atoms with Crippen molar-refractivity contribution in [3.63, 3.8) is 0 Å². The summed E-state index contributed by atoms with van der Waals surface area (Å²) in [4.78, 5) is 0. The third-order valence-electron chi connectivity index (χ3n) is 3.55. The highest BCUT2D eigenvalue weighted by Crippen LogP contribution is 2.30. The molecule has 0 aliphatic carbocycles. The van der Waals surface area contributed by atoms with Gasteiger partial charge in [0.05, 0.1) is 5.02 Å². The van der Waals surface area contributed by atoms with Gasteiger partial charge in [-0.25, -0.2) is 4.39 Å². The summed E-state index contributed by atoms with van der Waals surface area (Å²) in [7, 11) is 0. The van der Waals surface area contributed by atoms with Crippen molar-refractivity contribution in [1.82, 2.24) is 5.32 Å². The van der Waals surface area contributed by atoms with E-state index in [4.69, 9.17) is 27.6 Å². The molecular formula is C16H18Cl2FNO. The minimum absolute atomic E-state index is 0.0327. The van der Waals surface area contributed by atoms with Crippen LogP contribution in [-0.2, 0) is 0 Å². The van der Waals surface area contributed by atoms with Crippen molar-refractivity contribution >= 4 is 23.2 Å². The largest absolute Gasteiger partial charge is 0.466 e. The Labute approximate surface area is 134 Å². The lowest BCUT2D eigenvalue weighted by Crippen LogP contribution is -2.23. The molecule has 2 nitrogen and oxygen atoms in total. The van der Waals surface area contributed by atoms with Crippen molar-refractivity contribution in [1.29, 1.82) is 0 Å². The van der Waals surface area contributed by atoms with E-state index in [1.807, 2.05) is 33.8 Å². The SMILES string of the molecule is Cc1cc(C(C)NC(C)c2cc(F)c(Cl)cc2Cl)c(C)o1. The summed E-state index contributed by atoms with van der Waals surface area (Å²) >= 11 is 11.9. The zero-order chi connectivity index (χ0) is 15.7. The first-order chi connectivity index (χ1) is 9.79. The standard InChI is InChI=1S/C16H18Cl2FNO/c1-8-5-12(11(4)21-8)9(2)20-10(3)13-6-16(19)15(18)7-14(13)17/h5-7,9-10,20H,1-4H3. The molecule has 0 fully saturated rings. The van der Waals surface area contributed by atoms with Crippen LogP contribution in [0.5, 0.6) is 0 Å². The monoisotopic (exact) mass is 329 g/mol. The maximum absolute atomic E-state index is 13.6. The minimum atomic E-state index is -0.465. The Morgan fingerprint density at radius 3 is 2.19 bits per heavy atom. The second-order valence-electron chi connectivity index (χ2n) is 5.27. The molecule has 2 rings (SSSR count). The van der Waals surface area contributed by atoms with Crippen LogP contribution >= 0.6 is 23.2 Å². The second kappa shape index (κ2) is 6.39. The number of hydrogen-bond acceptors (Lipinski definition) is 2. The highest BCUT2D eigenvalue weighted by Gasteiger charge is 2.18. The van der Waals surface area contributed by atoms with E-state index in [1.165, 1.54) is 12.1 Å². The average Bonchev–Trinajstić information content (AvgIpc) is 2.72. The third-order valence-corrected chi connectivity index (χ3v) is 4.17. The first kappa shape index (κ1) is 16.3. The molecule has 1 N–H and O–H groups in total. The van der Waals surface area contributed by atoms with Gasteiger partial charge in [0.25, 0.3) is 0 Å². The van der Waals surface area contributed by atoms with Crippen LogP contribution in [0.15, 0.2) is 22.6 Å². The van der Waals surface area contributed by atoms with Crippen LogP contribution in [0, 0.1) is 19.7 Å². The van der Waals surface area contributed by atoms with Gasteiger partial charge in [-0.3, -0.25) is 0 Å². The van der Waals surface area contributed by atoms with Crippen molar-refractivity contribution in [3.8, 4) is 0 Å². The van der Waals surface area contributed by atoms with Crippen molar-refractivity contribution in [2.75, 3.05) is 0 Å². The van der Waals surface area contributed by atoms with Crippen molar-refractivity contribution in [2.45, 2.75) is 39.8 Å². The van der Waals surface area contributed by atoms with Crippen LogP contribution in [0.3, 0.4) is 0 Å². The molecule has 0 aliphatic rings. The highest BCUT2D eigenvalue weighted by molar-refractivity contribution is 6.35. The molecule has 1 heterocycles. The molecular weight excluding hydrogens is 312 g/mol. The van der Waals surface area contributed by atoms with Gasteiger partial charge in [-0.2, -0.15) is 0 Å². The molecule has 0 amide bonds. The minimum Gasteiger partial charge on any atom is -0.466 e. The van der Waals surface area contributed by atoms with E-state index in [1.54, 1.807) is 0 Å². The Balaban J connectivity index is 2.20. The molecule has 5 heteroatoms. The van der Waals surface area contributed by atoms with Crippen molar-refractivity contribution in [3.05, 3.63) is 56.7 Å². The fourth-order valence-corrected chi connectivity index (χ4v) is 3.05. The second-order valence-corrected chi connectivity index (χ2v) is 6.08. The number of hydrogen-bond donors (Lipinski definition) is 1. The molecule has 0 saturated heterocycles. The van der Waals surface area contributed by atoms with E-state index in [9.17, 15) is 4.39 Å². The van der Waals surface area contributed by atoms with E-state index in [-0.39, 0.29) is 17.1 Å². The molecule has 2 aromatic rings. The molecule has 114 valence electrons. The van der Waals surface area contributed by atoms with Gasteiger partial charge < -0.3 is 9.73 Å². The van der Waals surface area contributed by atoms with Crippen LogP contribution in [-0.4, -0.2) is 0 Å². The van der Waals surface area contributed by atoms with Gasteiger partial charge in [0.1, 0.15) is 17.3 Å². The number of furan rings is 1. The first-order valence-electron chi connectivity index (χ1n) is 6.77. The summed E-state index contributed by atoms with van der Waals surface area (Å²) in [5.74, 6) is 1.29. The van der Waals surface area contributed by atoms with Gasteiger partial charge in [-0.05, 0) is 51.5 Å². The summed E-state index contributed by atoms with van der Waals surface area (Å²) in [5.41, 5.74) is 1.77. The number of benzene rings is 1. The summed E-state index contributed by atoms with van der Waals surface area (Å²) in [6.07, 6.45) is 0. The Bertz CT molecular complexity index is 654. The van der Waals surface area contributed by atoms with Crippen LogP contribution in [0.25, 0.3) is 0 Å². The topological polar surface area (TPSA) is 25.2 Å². The molecule has 0 spiro atoms. The fourth-order valence-electron chi connectivity index (χ4n) is 2.50. The van der Waals surface area contributed by atoms with Crippen LogP contribution in [0.2, 0.25) is 10.0 Å². The Morgan fingerprint density at radius 2 is 1.62 bits per heavy atom. The number of aryl methyl sites for hydroxylation is 2. The fraction of sp³-hybridized carbons (Fsp3) is 0.375. The third kappa shape index (κ3) is 3.60. The molecule has 0 saturated carbocycles. The summed E-state index contributed by atoms with van der Waals surface area (Å²) in [6, 6.07) is 4.76. The van der Waals surface area contributed by atoms with E-state index in [2.05, 4.69) is 5.32 Å². The first-order valence-corrected chi connectivity index (χ1v) is 7.52. The maximum Gasteiger partial charge on any atom is 0.142 e. The lowest BCUT2D eigenvalue weighted by molar-refractivity contribution is 0.468. The van der Waals surface area contributed by atoms with Gasteiger partial charge in [0.2, 0.25) is 0 Å². The summed E-state index contributed by atoms with van der Waals surface area (Å²) in [5, 5.41) is 3.89. The van der Waals surface area contributed by atoms with Crippen LogP contribution in [0.1, 0.15) is 48.6 Å². The smallest absolute Gasteiger partial charge is 0.142 e. The predicted molar refractivity (Wildman–Crippen MR) is 84.6 cm³/mol. The normalized spacial score (nSPS) is 14.2. The van der Waals surface area contributed by atoms with E-state index in [0.29, 0.717) is 10.6 Å². The number of rotatable bonds is 4. The molecule has 1 aromatic carbocycles. The number of nitrogens with one attached hydrogen (secondary N) is 1. The Kier molecular flexibility index (Phi) is 4.97. The van der Waals surface area contributed by atoms with E-state index in [0.717, 1.165) is 17.1 Å². The quantitative estimate of drug-likeness (QED) is 0.722. The predicted octanol–water partition coefficient (Wildman–Crippen LogP) is 5.75. The lowest BCUT2D eigenvalue weighted by Gasteiger charge is -2.21. The van der Waals surface area contributed by atoms with Gasteiger partial charge >= 0.3 is 0 Å². The van der Waals surface area contributed by atoms with Crippen molar-refractivity contribution in [2.24, 2.45) is 0 Å². The van der Waals surface area contributed by atoms with Crippen LogP contribution in [0.4, 0.5) is 4.39 Å². The van der Waals surface area contributed by atoms with E-state index < -0.39 is 5.82 Å².